The quantitative estimate of drug-likeness (QED) is 0.408. The average Bonchev–Trinajstić information content (AvgIpc) is 1.39. The molecule has 0 saturated heterocycles. The standard InChI is InChI=1S/C2H7N.C2H5N.B/c2*1-2-3;/h2-3H2,1H3;2H,1,3H2;. The predicted molar refractivity (Wildman–Crippen MR) is 34.9 cm³/mol. The average molecular weight is 99.0 g/mol. The highest BCUT2D eigenvalue weighted by Crippen LogP contribution is 1.20. The lowest BCUT2D eigenvalue weighted by Gasteiger charge is -1.53. The van der Waals surface area contributed by atoms with Gasteiger partial charge in [-0.05, 0) is 12.7 Å². The second kappa shape index (κ2) is 47.4. The molecule has 0 heterocycles. The molecule has 0 unspecified atom stereocenters. The number of hydrogen-bond acceptors (Lipinski definition) is 2. The zero-order valence-corrected chi connectivity index (χ0v) is 4.72. The first-order valence-electron chi connectivity index (χ1n) is 1.86. The van der Waals surface area contributed by atoms with Gasteiger partial charge in [0, 0.05) is 8.41 Å². The summed E-state index contributed by atoms with van der Waals surface area (Å²) in [5.74, 6) is 0. The summed E-state index contributed by atoms with van der Waals surface area (Å²) in [4.78, 5) is 0. The predicted octanol–water partition coefficient (Wildman–Crippen LogP) is -0.327. The molecule has 0 atom stereocenters. The Labute approximate surface area is 47.2 Å². The minimum absolute atomic E-state index is 0. The van der Waals surface area contributed by atoms with Crippen LogP contribution < -0.4 is 11.5 Å². The first-order valence-corrected chi connectivity index (χ1v) is 1.86. The Morgan fingerprint density at radius 2 is 1.71 bits per heavy atom. The Morgan fingerprint density at radius 3 is 1.71 bits per heavy atom. The smallest absolute Gasteiger partial charge is 0 e. The molecule has 4 N–H and O–H groups in total. The van der Waals surface area contributed by atoms with Gasteiger partial charge in [-0.15, -0.1) is 0 Å². The molecule has 0 bridgehead atoms. The molecular weight excluding hydrogens is 86.9 g/mol. The maximum absolute atomic E-state index is 4.85. The fraction of sp³-hybridized carbons (Fsp3) is 0.500. The summed E-state index contributed by atoms with van der Waals surface area (Å²) in [5.41, 5.74) is 9.46. The van der Waals surface area contributed by atoms with Crippen LogP contribution in [0, 0.1) is 0 Å². The molecule has 2 nitrogen and oxygen atoms in total. The van der Waals surface area contributed by atoms with Crippen LogP contribution in [0.4, 0.5) is 0 Å². The molecule has 0 amide bonds. The first-order chi connectivity index (χ1) is 2.83. The lowest BCUT2D eigenvalue weighted by atomic mass is 10.8. The van der Waals surface area contributed by atoms with E-state index in [-0.39, 0.29) is 8.41 Å². The van der Waals surface area contributed by atoms with E-state index in [1.165, 1.54) is 6.20 Å². The van der Waals surface area contributed by atoms with Crippen molar-refractivity contribution in [3.63, 3.8) is 0 Å². The molecule has 0 aliphatic rings. The van der Waals surface area contributed by atoms with Gasteiger partial charge in [0.15, 0.2) is 0 Å². The normalized spacial score (nSPS) is 4.29. The highest BCUT2D eigenvalue weighted by molar-refractivity contribution is 5.75. The van der Waals surface area contributed by atoms with Crippen molar-refractivity contribution in [3.8, 4) is 0 Å². The molecule has 0 rings (SSSR count). The van der Waals surface area contributed by atoms with Crippen molar-refractivity contribution < 1.29 is 0 Å². The van der Waals surface area contributed by atoms with E-state index >= 15 is 0 Å². The minimum atomic E-state index is 0. The van der Waals surface area contributed by atoms with Gasteiger partial charge < -0.3 is 11.5 Å². The summed E-state index contributed by atoms with van der Waals surface area (Å²) >= 11 is 0. The van der Waals surface area contributed by atoms with Crippen LogP contribution in [-0.2, 0) is 0 Å². The summed E-state index contributed by atoms with van der Waals surface area (Å²) in [6.07, 6.45) is 1.25. The van der Waals surface area contributed by atoms with Crippen LogP contribution in [0.3, 0.4) is 0 Å². The molecule has 41 valence electrons. The summed E-state index contributed by atoms with van der Waals surface area (Å²) < 4.78 is 0. The van der Waals surface area contributed by atoms with E-state index in [1.807, 2.05) is 6.92 Å². The fourth-order valence-corrected chi connectivity index (χ4v) is 0. The van der Waals surface area contributed by atoms with E-state index in [0.29, 0.717) is 0 Å². The number of rotatable bonds is 0. The van der Waals surface area contributed by atoms with E-state index in [9.17, 15) is 0 Å². The third-order valence-electron chi connectivity index (χ3n) is 0. The SMILES string of the molecule is C=CN.CCN.[B]. The zero-order chi connectivity index (χ0) is 5.41. The van der Waals surface area contributed by atoms with Gasteiger partial charge in [0.25, 0.3) is 0 Å². The maximum Gasteiger partial charge on any atom is 0 e. The Morgan fingerprint density at radius 1 is 1.71 bits per heavy atom. The maximum atomic E-state index is 4.85. The van der Waals surface area contributed by atoms with Crippen LogP contribution in [-0.4, -0.2) is 15.0 Å². The lowest BCUT2D eigenvalue weighted by Crippen LogP contribution is -1.87. The highest BCUT2D eigenvalue weighted by Gasteiger charge is 1.32. The Kier molecular flexibility index (Phi) is 108. The van der Waals surface area contributed by atoms with Crippen LogP contribution in [0.25, 0.3) is 0 Å². The van der Waals surface area contributed by atoms with Gasteiger partial charge in [-0.2, -0.15) is 0 Å². The molecule has 3 heteroatoms. The molecule has 3 radical (unpaired) electrons. The van der Waals surface area contributed by atoms with Crippen molar-refractivity contribution in [2.24, 2.45) is 11.5 Å². The van der Waals surface area contributed by atoms with Gasteiger partial charge >= 0.3 is 0 Å². The van der Waals surface area contributed by atoms with E-state index in [2.05, 4.69) is 12.3 Å². The van der Waals surface area contributed by atoms with Crippen molar-refractivity contribution in [1.29, 1.82) is 0 Å². The highest BCUT2D eigenvalue weighted by atomic mass is 14.5. The second-order valence-corrected chi connectivity index (χ2v) is 0.644. The molecule has 0 aromatic carbocycles. The summed E-state index contributed by atoms with van der Waals surface area (Å²) in [6.45, 7) is 5.79. The third-order valence-corrected chi connectivity index (χ3v) is 0. The largest absolute Gasteiger partial charge is 0.405 e. The molecule has 0 aromatic heterocycles. The van der Waals surface area contributed by atoms with Gasteiger partial charge in [0.2, 0.25) is 0 Å². The zero-order valence-electron chi connectivity index (χ0n) is 4.72. The van der Waals surface area contributed by atoms with Crippen molar-refractivity contribution in [2.45, 2.75) is 6.92 Å². The molecule has 0 aliphatic carbocycles. The summed E-state index contributed by atoms with van der Waals surface area (Å²) in [7, 11) is 0. The van der Waals surface area contributed by atoms with Crippen LogP contribution >= 0.6 is 0 Å². The van der Waals surface area contributed by atoms with Crippen molar-refractivity contribution in [2.75, 3.05) is 6.54 Å². The van der Waals surface area contributed by atoms with E-state index in [1.54, 1.807) is 0 Å². The first kappa shape index (κ1) is 16.0. The van der Waals surface area contributed by atoms with E-state index in [0.717, 1.165) is 6.54 Å². The van der Waals surface area contributed by atoms with Crippen molar-refractivity contribution in [3.05, 3.63) is 12.8 Å². The van der Waals surface area contributed by atoms with Crippen molar-refractivity contribution in [1.82, 2.24) is 0 Å². The van der Waals surface area contributed by atoms with Gasteiger partial charge in [-0.1, -0.05) is 13.5 Å². The number of nitrogens with two attached hydrogens (primary N) is 2. The molecule has 7 heavy (non-hydrogen) atoms. The Bertz CT molecular complexity index is 23.7. The second-order valence-electron chi connectivity index (χ2n) is 0.644. The minimum Gasteiger partial charge on any atom is -0.405 e. The number of hydrogen-bond donors (Lipinski definition) is 2. The van der Waals surface area contributed by atoms with Crippen LogP contribution in [0.2, 0.25) is 0 Å². The Balaban J connectivity index is -0.0000000400. The summed E-state index contributed by atoms with van der Waals surface area (Å²) in [6, 6.07) is 0. The van der Waals surface area contributed by atoms with Crippen LogP contribution in [0.15, 0.2) is 12.8 Å². The van der Waals surface area contributed by atoms with Gasteiger partial charge in [-0.3, -0.25) is 0 Å². The van der Waals surface area contributed by atoms with E-state index in [4.69, 9.17) is 5.73 Å². The molecule has 0 aromatic rings. The molecule has 0 fully saturated rings. The van der Waals surface area contributed by atoms with Gasteiger partial charge in [-0.25, -0.2) is 0 Å². The van der Waals surface area contributed by atoms with Crippen molar-refractivity contribution >= 4 is 8.41 Å². The lowest BCUT2D eigenvalue weighted by molar-refractivity contribution is 1.14. The topological polar surface area (TPSA) is 52.0 Å². The third kappa shape index (κ3) is 374. The molecule has 0 aliphatic heterocycles. The molecule has 0 saturated carbocycles. The van der Waals surface area contributed by atoms with E-state index < -0.39 is 0 Å². The van der Waals surface area contributed by atoms with Crippen LogP contribution in [0.5, 0.6) is 0 Å². The molecule has 0 spiro atoms. The molecular formula is C4H12BN2. The van der Waals surface area contributed by atoms with Gasteiger partial charge in [0.1, 0.15) is 0 Å². The Hall–Kier alpha value is -0.435. The van der Waals surface area contributed by atoms with Crippen LogP contribution in [0.1, 0.15) is 6.92 Å². The monoisotopic (exact) mass is 99.1 g/mol. The fourth-order valence-electron chi connectivity index (χ4n) is 0. The van der Waals surface area contributed by atoms with Gasteiger partial charge in [0.05, 0.1) is 0 Å². The summed E-state index contributed by atoms with van der Waals surface area (Å²) in [5, 5.41) is 0.